The van der Waals surface area contributed by atoms with Gasteiger partial charge in [-0.3, -0.25) is 4.90 Å². The van der Waals surface area contributed by atoms with Crippen molar-refractivity contribution in [3.8, 4) is 0 Å². The van der Waals surface area contributed by atoms with E-state index in [1.165, 1.54) is 0 Å². The highest BCUT2D eigenvalue weighted by Gasteiger charge is 2.19. The fraction of sp³-hybridized carbons (Fsp3) is 0.316. The normalized spacial score (nSPS) is 15.7. The standard InChI is InChI=1S/C19H21Cl2N3O/c20-16-11-15(12-17(21)13-16)14-23-7-4-8-24(10-9-23)19(25)22-18-5-2-1-3-6-18/h1-3,5-6,11-13H,4,7-10,14H2,(H,22,25). The fourth-order valence-corrected chi connectivity index (χ4v) is 3.59. The van der Waals surface area contributed by atoms with Crippen LogP contribution in [0.15, 0.2) is 48.5 Å². The van der Waals surface area contributed by atoms with Crippen LogP contribution < -0.4 is 5.32 Å². The monoisotopic (exact) mass is 377 g/mol. The molecule has 25 heavy (non-hydrogen) atoms. The van der Waals surface area contributed by atoms with Gasteiger partial charge in [-0.15, -0.1) is 0 Å². The minimum Gasteiger partial charge on any atom is -0.323 e. The molecule has 0 aromatic heterocycles. The van der Waals surface area contributed by atoms with E-state index in [4.69, 9.17) is 23.2 Å². The number of anilines is 1. The highest BCUT2D eigenvalue weighted by atomic mass is 35.5. The van der Waals surface area contributed by atoms with E-state index in [2.05, 4.69) is 10.2 Å². The zero-order chi connectivity index (χ0) is 17.6. The van der Waals surface area contributed by atoms with Crippen molar-refractivity contribution in [1.29, 1.82) is 0 Å². The number of nitrogens with zero attached hydrogens (tertiary/aromatic N) is 2. The van der Waals surface area contributed by atoms with Gasteiger partial charge in [-0.25, -0.2) is 4.79 Å². The molecule has 0 radical (unpaired) electrons. The lowest BCUT2D eigenvalue weighted by atomic mass is 10.2. The molecule has 0 aliphatic carbocycles. The quantitative estimate of drug-likeness (QED) is 0.838. The van der Waals surface area contributed by atoms with Gasteiger partial charge in [0.25, 0.3) is 0 Å². The number of hydrogen-bond acceptors (Lipinski definition) is 2. The molecule has 0 atom stereocenters. The van der Waals surface area contributed by atoms with Crippen LogP contribution in [0.4, 0.5) is 10.5 Å². The second-order valence-electron chi connectivity index (χ2n) is 6.19. The van der Waals surface area contributed by atoms with E-state index in [1.54, 1.807) is 6.07 Å². The summed E-state index contributed by atoms with van der Waals surface area (Å²) in [4.78, 5) is 16.6. The Bertz CT molecular complexity index is 704. The third-order valence-electron chi connectivity index (χ3n) is 4.23. The Hall–Kier alpha value is -1.75. The molecule has 0 bridgehead atoms. The molecule has 1 aliphatic heterocycles. The Labute approximate surface area is 158 Å². The van der Waals surface area contributed by atoms with Gasteiger partial charge in [-0.05, 0) is 42.3 Å². The van der Waals surface area contributed by atoms with Crippen molar-refractivity contribution in [3.05, 3.63) is 64.1 Å². The van der Waals surface area contributed by atoms with E-state index in [-0.39, 0.29) is 6.03 Å². The van der Waals surface area contributed by atoms with E-state index in [0.717, 1.165) is 43.9 Å². The van der Waals surface area contributed by atoms with E-state index < -0.39 is 0 Å². The van der Waals surface area contributed by atoms with E-state index in [9.17, 15) is 4.79 Å². The summed E-state index contributed by atoms with van der Waals surface area (Å²) >= 11 is 12.2. The van der Waals surface area contributed by atoms with Gasteiger partial charge in [0.2, 0.25) is 0 Å². The number of nitrogens with one attached hydrogen (secondary N) is 1. The van der Waals surface area contributed by atoms with Crippen LogP contribution in [0.5, 0.6) is 0 Å². The molecule has 4 nitrogen and oxygen atoms in total. The SMILES string of the molecule is O=C(Nc1ccccc1)N1CCCN(Cc2cc(Cl)cc(Cl)c2)CC1. The first-order chi connectivity index (χ1) is 12.1. The third kappa shape index (κ3) is 5.36. The average Bonchev–Trinajstić information content (AvgIpc) is 2.80. The summed E-state index contributed by atoms with van der Waals surface area (Å²) in [6.07, 6.45) is 0.941. The van der Waals surface area contributed by atoms with E-state index >= 15 is 0 Å². The van der Waals surface area contributed by atoms with Gasteiger partial charge in [0.1, 0.15) is 0 Å². The molecule has 132 valence electrons. The topological polar surface area (TPSA) is 35.6 Å². The maximum Gasteiger partial charge on any atom is 0.321 e. The van der Waals surface area contributed by atoms with Crippen molar-refractivity contribution < 1.29 is 4.79 Å². The smallest absolute Gasteiger partial charge is 0.321 e. The second kappa shape index (κ2) is 8.56. The number of carbonyl (C=O) groups excluding carboxylic acids is 1. The molecule has 2 aromatic rings. The van der Waals surface area contributed by atoms with Crippen LogP contribution >= 0.6 is 23.2 Å². The molecule has 1 fully saturated rings. The number of hydrogen-bond donors (Lipinski definition) is 1. The number of benzene rings is 2. The summed E-state index contributed by atoms with van der Waals surface area (Å²) < 4.78 is 0. The summed E-state index contributed by atoms with van der Waals surface area (Å²) in [5, 5.41) is 4.26. The van der Waals surface area contributed by atoms with Crippen LogP contribution in [0.25, 0.3) is 0 Å². The fourth-order valence-electron chi connectivity index (χ4n) is 3.02. The maximum atomic E-state index is 12.4. The van der Waals surface area contributed by atoms with Gasteiger partial charge in [-0.1, -0.05) is 41.4 Å². The van der Waals surface area contributed by atoms with Crippen molar-refractivity contribution in [2.24, 2.45) is 0 Å². The van der Waals surface area contributed by atoms with Gasteiger partial charge < -0.3 is 10.2 Å². The summed E-state index contributed by atoms with van der Waals surface area (Å²) in [6.45, 7) is 4.01. The lowest BCUT2D eigenvalue weighted by Crippen LogP contribution is -2.38. The molecule has 2 aromatic carbocycles. The van der Waals surface area contributed by atoms with Crippen molar-refractivity contribution in [2.45, 2.75) is 13.0 Å². The highest BCUT2D eigenvalue weighted by molar-refractivity contribution is 6.34. The third-order valence-corrected chi connectivity index (χ3v) is 4.67. The molecule has 1 saturated heterocycles. The van der Waals surface area contributed by atoms with Crippen LogP contribution in [0.3, 0.4) is 0 Å². The largest absolute Gasteiger partial charge is 0.323 e. The molecule has 0 unspecified atom stereocenters. The van der Waals surface area contributed by atoms with E-state index in [1.807, 2.05) is 47.4 Å². The first kappa shape index (κ1) is 18.1. The molecule has 2 amide bonds. The van der Waals surface area contributed by atoms with Gasteiger partial charge in [-0.2, -0.15) is 0 Å². The number of rotatable bonds is 3. The molecule has 1 aliphatic rings. The molecule has 0 saturated carbocycles. The van der Waals surface area contributed by atoms with Gasteiger partial charge in [0.15, 0.2) is 0 Å². The highest BCUT2D eigenvalue weighted by Crippen LogP contribution is 2.20. The first-order valence-corrected chi connectivity index (χ1v) is 9.14. The second-order valence-corrected chi connectivity index (χ2v) is 7.06. The Kier molecular flexibility index (Phi) is 6.19. The van der Waals surface area contributed by atoms with Crippen LogP contribution in [0.2, 0.25) is 10.0 Å². The zero-order valence-electron chi connectivity index (χ0n) is 13.9. The molecular formula is C19H21Cl2N3O. The summed E-state index contributed by atoms with van der Waals surface area (Å²) in [7, 11) is 0. The Morgan fingerprint density at radius 2 is 1.68 bits per heavy atom. The lowest BCUT2D eigenvalue weighted by Gasteiger charge is -2.22. The number of amides is 2. The van der Waals surface area contributed by atoms with Gasteiger partial charge >= 0.3 is 6.03 Å². The Balaban J connectivity index is 1.55. The Morgan fingerprint density at radius 1 is 0.960 bits per heavy atom. The van der Waals surface area contributed by atoms with Crippen LogP contribution in [-0.2, 0) is 6.54 Å². The predicted molar refractivity (Wildman–Crippen MR) is 103 cm³/mol. The van der Waals surface area contributed by atoms with Gasteiger partial charge in [0, 0.05) is 48.5 Å². The van der Waals surface area contributed by atoms with Gasteiger partial charge in [0.05, 0.1) is 0 Å². The lowest BCUT2D eigenvalue weighted by molar-refractivity contribution is 0.211. The van der Waals surface area contributed by atoms with Crippen molar-refractivity contribution in [3.63, 3.8) is 0 Å². The number of carbonyl (C=O) groups is 1. The van der Waals surface area contributed by atoms with Crippen molar-refractivity contribution in [1.82, 2.24) is 9.80 Å². The van der Waals surface area contributed by atoms with Crippen molar-refractivity contribution in [2.75, 3.05) is 31.5 Å². The minimum absolute atomic E-state index is 0.0427. The Morgan fingerprint density at radius 3 is 2.40 bits per heavy atom. The molecule has 1 heterocycles. The molecule has 1 N–H and O–H groups in total. The number of para-hydroxylation sites is 1. The zero-order valence-corrected chi connectivity index (χ0v) is 15.4. The van der Waals surface area contributed by atoms with Crippen LogP contribution in [-0.4, -0.2) is 42.0 Å². The van der Waals surface area contributed by atoms with E-state index in [0.29, 0.717) is 16.6 Å². The summed E-state index contributed by atoms with van der Waals surface area (Å²) in [5.41, 5.74) is 1.92. The number of halogens is 2. The summed E-state index contributed by atoms with van der Waals surface area (Å²) in [5.74, 6) is 0. The molecule has 0 spiro atoms. The average molecular weight is 378 g/mol. The number of urea groups is 1. The molecule has 6 heteroatoms. The predicted octanol–water partition coefficient (Wildman–Crippen LogP) is 4.73. The maximum absolute atomic E-state index is 12.4. The van der Waals surface area contributed by atoms with Crippen molar-refractivity contribution >= 4 is 34.9 Å². The first-order valence-electron chi connectivity index (χ1n) is 8.38. The minimum atomic E-state index is -0.0427. The van der Waals surface area contributed by atoms with Crippen LogP contribution in [0.1, 0.15) is 12.0 Å². The van der Waals surface area contributed by atoms with Crippen LogP contribution in [0, 0.1) is 0 Å². The summed E-state index contributed by atoms with van der Waals surface area (Å²) in [6, 6.07) is 15.1. The molecule has 3 rings (SSSR count). The molecular weight excluding hydrogens is 357 g/mol.